The molecule has 1 aromatic heterocycles. The Labute approximate surface area is 107 Å². The molecular weight excluding hydrogens is 228 g/mol. The standard InChI is InChI=1S/C14H20N2O2/c1-9(13(18)15-4)16-6-5-10-11(16)7-14(2,3)8-12(10)17/h5-6,9H,7-8H2,1-4H3,(H,15,18). The molecule has 0 saturated heterocycles. The lowest BCUT2D eigenvalue weighted by Crippen LogP contribution is -2.32. The fraction of sp³-hybridized carbons (Fsp3) is 0.571. The molecule has 18 heavy (non-hydrogen) atoms. The Hall–Kier alpha value is -1.58. The minimum absolute atomic E-state index is 0.0252. The summed E-state index contributed by atoms with van der Waals surface area (Å²) in [5, 5.41) is 2.65. The zero-order chi connectivity index (χ0) is 13.5. The Morgan fingerprint density at radius 2 is 2.11 bits per heavy atom. The van der Waals surface area contributed by atoms with Crippen LogP contribution in [0.2, 0.25) is 0 Å². The zero-order valence-corrected chi connectivity index (χ0v) is 11.4. The van der Waals surface area contributed by atoms with Crippen molar-refractivity contribution < 1.29 is 9.59 Å². The number of Topliss-reactive ketones (excluding diaryl/α,β-unsaturated/α-hetero) is 1. The van der Waals surface area contributed by atoms with Crippen LogP contribution in [0, 0.1) is 5.41 Å². The molecule has 2 rings (SSSR count). The first-order valence-corrected chi connectivity index (χ1v) is 6.30. The second-order valence-electron chi connectivity index (χ2n) is 5.81. The van der Waals surface area contributed by atoms with Crippen molar-refractivity contribution in [1.82, 2.24) is 9.88 Å². The van der Waals surface area contributed by atoms with E-state index in [2.05, 4.69) is 19.2 Å². The SMILES string of the molecule is CNC(=O)C(C)n1ccc2c1CC(C)(C)CC2=O. The molecule has 0 spiro atoms. The number of amides is 1. The number of nitrogens with zero attached hydrogens (tertiary/aromatic N) is 1. The van der Waals surface area contributed by atoms with Crippen LogP contribution in [0.5, 0.6) is 0 Å². The molecule has 1 aliphatic carbocycles. The molecule has 0 fully saturated rings. The van der Waals surface area contributed by atoms with Crippen LogP contribution in [0.4, 0.5) is 0 Å². The summed E-state index contributed by atoms with van der Waals surface area (Å²) in [6.45, 7) is 6.04. The van der Waals surface area contributed by atoms with Gasteiger partial charge in [0.15, 0.2) is 5.78 Å². The Bertz CT molecular complexity index is 500. The molecule has 1 aromatic rings. The molecule has 0 radical (unpaired) electrons. The highest BCUT2D eigenvalue weighted by Crippen LogP contribution is 2.36. The lowest BCUT2D eigenvalue weighted by molar-refractivity contribution is -0.123. The number of carbonyl (C=O) groups excluding carboxylic acids is 2. The lowest BCUT2D eigenvalue weighted by Gasteiger charge is -2.30. The van der Waals surface area contributed by atoms with Crippen LogP contribution >= 0.6 is 0 Å². The Kier molecular flexibility index (Phi) is 3.05. The molecule has 1 unspecified atom stereocenters. The molecule has 0 aliphatic heterocycles. The van der Waals surface area contributed by atoms with Crippen LogP contribution < -0.4 is 5.32 Å². The van der Waals surface area contributed by atoms with Crippen LogP contribution in [0.3, 0.4) is 0 Å². The quantitative estimate of drug-likeness (QED) is 0.869. The van der Waals surface area contributed by atoms with E-state index >= 15 is 0 Å². The molecule has 1 N–H and O–H groups in total. The van der Waals surface area contributed by atoms with E-state index in [1.54, 1.807) is 7.05 Å². The van der Waals surface area contributed by atoms with Gasteiger partial charge in [-0.05, 0) is 24.8 Å². The highest BCUT2D eigenvalue weighted by atomic mass is 16.2. The van der Waals surface area contributed by atoms with Gasteiger partial charge in [0.25, 0.3) is 0 Å². The molecule has 0 aromatic carbocycles. The van der Waals surface area contributed by atoms with Crippen LogP contribution in [-0.2, 0) is 11.2 Å². The predicted octanol–water partition coefficient (Wildman–Crippen LogP) is 1.95. The number of likely N-dealkylation sites (N-methyl/N-ethyl adjacent to an activating group) is 1. The molecule has 1 amide bonds. The Balaban J connectivity index is 2.42. The second-order valence-corrected chi connectivity index (χ2v) is 5.81. The van der Waals surface area contributed by atoms with Gasteiger partial charge in [0.1, 0.15) is 6.04 Å². The number of nitrogens with one attached hydrogen (secondary N) is 1. The molecule has 1 aliphatic rings. The average Bonchev–Trinajstić information content (AvgIpc) is 2.69. The molecular formula is C14H20N2O2. The molecule has 1 heterocycles. The van der Waals surface area contributed by atoms with E-state index < -0.39 is 0 Å². The number of hydrogen-bond acceptors (Lipinski definition) is 2. The maximum absolute atomic E-state index is 12.1. The maximum atomic E-state index is 12.1. The van der Waals surface area contributed by atoms with E-state index in [1.165, 1.54) is 0 Å². The number of aromatic nitrogens is 1. The smallest absolute Gasteiger partial charge is 0.242 e. The second kappa shape index (κ2) is 4.26. The largest absolute Gasteiger partial charge is 0.357 e. The van der Waals surface area contributed by atoms with Crippen molar-refractivity contribution in [2.45, 2.75) is 39.7 Å². The van der Waals surface area contributed by atoms with E-state index in [-0.39, 0.29) is 23.1 Å². The Morgan fingerprint density at radius 3 is 2.72 bits per heavy atom. The third-order valence-corrected chi connectivity index (χ3v) is 3.65. The summed E-state index contributed by atoms with van der Waals surface area (Å²) >= 11 is 0. The summed E-state index contributed by atoms with van der Waals surface area (Å²) in [6, 6.07) is 1.56. The van der Waals surface area contributed by atoms with Gasteiger partial charge >= 0.3 is 0 Å². The monoisotopic (exact) mass is 248 g/mol. The van der Waals surface area contributed by atoms with E-state index in [0.717, 1.165) is 17.7 Å². The number of hydrogen-bond donors (Lipinski definition) is 1. The van der Waals surface area contributed by atoms with Crippen LogP contribution in [-0.4, -0.2) is 23.3 Å². The summed E-state index contributed by atoms with van der Waals surface area (Å²) in [4.78, 5) is 23.8. The number of carbonyl (C=O) groups is 2. The topological polar surface area (TPSA) is 51.1 Å². The number of rotatable bonds is 2. The first kappa shape index (κ1) is 12.9. The molecule has 4 nitrogen and oxygen atoms in total. The molecule has 98 valence electrons. The van der Waals surface area contributed by atoms with Crippen molar-refractivity contribution in [3.8, 4) is 0 Å². The zero-order valence-electron chi connectivity index (χ0n) is 11.4. The van der Waals surface area contributed by atoms with Gasteiger partial charge in [-0.15, -0.1) is 0 Å². The number of ketones is 1. The summed E-state index contributed by atoms with van der Waals surface area (Å²) < 4.78 is 1.92. The van der Waals surface area contributed by atoms with E-state index in [0.29, 0.717) is 6.42 Å². The van der Waals surface area contributed by atoms with Crippen molar-refractivity contribution in [2.24, 2.45) is 5.41 Å². The van der Waals surface area contributed by atoms with Crippen LogP contribution in [0.1, 0.15) is 49.3 Å². The van der Waals surface area contributed by atoms with Gasteiger partial charge in [0.05, 0.1) is 0 Å². The highest BCUT2D eigenvalue weighted by Gasteiger charge is 2.34. The minimum Gasteiger partial charge on any atom is -0.357 e. The van der Waals surface area contributed by atoms with Crippen molar-refractivity contribution in [3.63, 3.8) is 0 Å². The van der Waals surface area contributed by atoms with Crippen LogP contribution in [0.15, 0.2) is 12.3 Å². The van der Waals surface area contributed by atoms with Gasteiger partial charge in [0, 0.05) is 30.9 Å². The summed E-state index contributed by atoms with van der Waals surface area (Å²) in [7, 11) is 1.63. The predicted molar refractivity (Wildman–Crippen MR) is 69.6 cm³/mol. The van der Waals surface area contributed by atoms with Gasteiger partial charge in [0.2, 0.25) is 5.91 Å². The first-order chi connectivity index (χ1) is 8.35. The maximum Gasteiger partial charge on any atom is 0.242 e. The van der Waals surface area contributed by atoms with E-state index in [9.17, 15) is 9.59 Å². The molecule has 0 bridgehead atoms. The highest BCUT2D eigenvalue weighted by molar-refractivity contribution is 5.99. The van der Waals surface area contributed by atoms with Crippen molar-refractivity contribution in [1.29, 1.82) is 0 Å². The molecule has 1 atom stereocenters. The summed E-state index contributed by atoms with van der Waals surface area (Å²) in [5.41, 5.74) is 1.75. The Morgan fingerprint density at radius 1 is 1.44 bits per heavy atom. The summed E-state index contributed by atoms with van der Waals surface area (Å²) in [6.07, 6.45) is 3.27. The average molecular weight is 248 g/mol. The normalized spacial score (nSPS) is 19.2. The van der Waals surface area contributed by atoms with Crippen molar-refractivity contribution in [2.75, 3.05) is 7.05 Å². The van der Waals surface area contributed by atoms with Gasteiger partial charge in [-0.25, -0.2) is 0 Å². The fourth-order valence-corrected chi connectivity index (χ4v) is 2.66. The van der Waals surface area contributed by atoms with E-state index in [4.69, 9.17) is 0 Å². The first-order valence-electron chi connectivity index (χ1n) is 6.30. The van der Waals surface area contributed by atoms with Gasteiger partial charge in [-0.1, -0.05) is 13.8 Å². The van der Waals surface area contributed by atoms with Gasteiger partial charge in [-0.3, -0.25) is 9.59 Å². The molecule has 0 saturated carbocycles. The minimum atomic E-state index is -0.277. The lowest BCUT2D eigenvalue weighted by atomic mass is 9.76. The van der Waals surface area contributed by atoms with Gasteiger partial charge < -0.3 is 9.88 Å². The van der Waals surface area contributed by atoms with E-state index in [1.807, 2.05) is 23.8 Å². The van der Waals surface area contributed by atoms with Crippen LogP contribution in [0.25, 0.3) is 0 Å². The third kappa shape index (κ3) is 2.07. The fourth-order valence-electron chi connectivity index (χ4n) is 2.66. The third-order valence-electron chi connectivity index (χ3n) is 3.65. The van der Waals surface area contributed by atoms with Crippen molar-refractivity contribution in [3.05, 3.63) is 23.5 Å². The van der Waals surface area contributed by atoms with Crippen molar-refractivity contribution >= 4 is 11.7 Å². The molecule has 4 heteroatoms. The number of fused-ring (bicyclic) bond motifs is 1. The summed E-state index contributed by atoms with van der Waals surface area (Å²) in [5.74, 6) is 0.147. The van der Waals surface area contributed by atoms with Gasteiger partial charge in [-0.2, -0.15) is 0 Å².